The molecule has 136 valence electrons. The van der Waals surface area contributed by atoms with E-state index < -0.39 is 0 Å². The quantitative estimate of drug-likeness (QED) is 0.847. The highest BCUT2D eigenvalue weighted by Gasteiger charge is 2.36. The third-order valence-electron chi connectivity index (χ3n) is 5.39. The standard InChI is InChI=1S/C20H28N2O3/c1-14-6-4-7-15(2)19(14)25-17-9-12-21(13-10-17)20(24)18-8-5-11-22(18)16(3)23/h4,6-7,17-18H,5,8-13H2,1-3H3. The van der Waals surface area contributed by atoms with Crippen molar-refractivity contribution in [3.8, 4) is 5.75 Å². The van der Waals surface area contributed by atoms with E-state index in [9.17, 15) is 9.59 Å². The Morgan fingerprint density at radius 3 is 2.28 bits per heavy atom. The van der Waals surface area contributed by atoms with Gasteiger partial charge in [0.15, 0.2) is 0 Å². The third-order valence-corrected chi connectivity index (χ3v) is 5.39. The summed E-state index contributed by atoms with van der Waals surface area (Å²) < 4.78 is 6.23. The summed E-state index contributed by atoms with van der Waals surface area (Å²) in [6, 6.07) is 5.92. The topological polar surface area (TPSA) is 49.9 Å². The molecule has 0 aromatic heterocycles. The number of hydrogen-bond acceptors (Lipinski definition) is 3. The number of ether oxygens (including phenoxy) is 1. The molecule has 25 heavy (non-hydrogen) atoms. The van der Waals surface area contributed by atoms with Crippen LogP contribution in [0.3, 0.4) is 0 Å². The van der Waals surface area contributed by atoms with Crippen LogP contribution in [0.5, 0.6) is 5.75 Å². The van der Waals surface area contributed by atoms with Crippen LogP contribution in [0.1, 0.15) is 43.7 Å². The molecule has 0 saturated carbocycles. The minimum absolute atomic E-state index is 0.00379. The molecule has 0 radical (unpaired) electrons. The summed E-state index contributed by atoms with van der Waals surface area (Å²) in [5, 5.41) is 0. The minimum atomic E-state index is -0.256. The van der Waals surface area contributed by atoms with Crippen molar-refractivity contribution in [2.24, 2.45) is 0 Å². The van der Waals surface area contributed by atoms with Gasteiger partial charge in [-0.15, -0.1) is 0 Å². The number of nitrogens with zero attached hydrogens (tertiary/aromatic N) is 2. The van der Waals surface area contributed by atoms with Crippen LogP contribution in [-0.4, -0.2) is 53.4 Å². The summed E-state index contributed by atoms with van der Waals surface area (Å²) in [4.78, 5) is 28.1. The highest BCUT2D eigenvalue weighted by atomic mass is 16.5. The smallest absolute Gasteiger partial charge is 0.245 e. The third kappa shape index (κ3) is 3.80. The van der Waals surface area contributed by atoms with Gasteiger partial charge in [0, 0.05) is 39.4 Å². The van der Waals surface area contributed by atoms with E-state index in [1.54, 1.807) is 11.8 Å². The fourth-order valence-electron chi connectivity index (χ4n) is 3.96. The van der Waals surface area contributed by atoms with Gasteiger partial charge in [0.1, 0.15) is 17.9 Å². The number of amides is 2. The van der Waals surface area contributed by atoms with E-state index in [0.717, 1.165) is 42.6 Å². The Kier molecular flexibility index (Phi) is 5.30. The molecule has 2 aliphatic rings. The van der Waals surface area contributed by atoms with E-state index in [0.29, 0.717) is 19.6 Å². The molecule has 1 atom stereocenters. The Morgan fingerprint density at radius 1 is 1.04 bits per heavy atom. The molecule has 0 spiro atoms. The number of likely N-dealkylation sites (tertiary alicyclic amines) is 2. The van der Waals surface area contributed by atoms with Crippen molar-refractivity contribution in [3.05, 3.63) is 29.3 Å². The minimum Gasteiger partial charge on any atom is -0.490 e. The van der Waals surface area contributed by atoms with Crippen molar-refractivity contribution in [1.82, 2.24) is 9.80 Å². The first-order chi connectivity index (χ1) is 12.0. The number of piperidine rings is 1. The van der Waals surface area contributed by atoms with Crippen LogP contribution in [0.15, 0.2) is 18.2 Å². The van der Waals surface area contributed by atoms with Crippen molar-refractivity contribution >= 4 is 11.8 Å². The van der Waals surface area contributed by atoms with Gasteiger partial charge < -0.3 is 14.5 Å². The molecule has 5 heteroatoms. The fourth-order valence-corrected chi connectivity index (χ4v) is 3.96. The summed E-state index contributed by atoms with van der Waals surface area (Å²) >= 11 is 0. The van der Waals surface area contributed by atoms with Crippen LogP contribution in [0.4, 0.5) is 0 Å². The lowest BCUT2D eigenvalue weighted by Gasteiger charge is -2.35. The Hall–Kier alpha value is -2.04. The van der Waals surface area contributed by atoms with Gasteiger partial charge in [0.2, 0.25) is 11.8 Å². The summed E-state index contributed by atoms with van der Waals surface area (Å²) in [5.74, 6) is 1.09. The van der Waals surface area contributed by atoms with Crippen LogP contribution < -0.4 is 4.74 Å². The first-order valence-corrected chi connectivity index (χ1v) is 9.26. The second-order valence-corrected chi connectivity index (χ2v) is 7.23. The fraction of sp³-hybridized carbons (Fsp3) is 0.600. The molecular formula is C20H28N2O3. The Labute approximate surface area is 149 Å². The van der Waals surface area contributed by atoms with Gasteiger partial charge in [-0.25, -0.2) is 0 Å². The zero-order valence-electron chi connectivity index (χ0n) is 15.5. The highest BCUT2D eigenvalue weighted by Crippen LogP contribution is 2.27. The first-order valence-electron chi connectivity index (χ1n) is 9.26. The molecule has 2 saturated heterocycles. The van der Waals surface area contributed by atoms with Gasteiger partial charge in [-0.2, -0.15) is 0 Å². The van der Waals surface area contributed by atoms with Crippen molar-refractivity contribution in [1.29, 1.82) is 0 Å². The molecule has 0 bridgehead atoms. The van der Waals surface area contributed by atoms with Crippen LogP contribution in [-0.2, 0) is 9.59 Å². The number of carbonyl (C=O) groups excluding carboxylic acids is 2. The second-order valence-electron chi connectivity index (χ2n) is 7.23. The number of benzene rings is 1. The lowest BCUT2D eigenvalue weighted by atomic mass is 10.0. The van der Waals surface area contributed by atoms with Gasteiger partial charge >= 0.3 is 0 Å². The van der Waals surface area contributed by atoms with Gasteiger partial charge in [-0.1, -0.05) is 18.2 Å². The maximum atomic E-state index is 12.8. The van der Waals surface area contributed by atoms with Crippen LogP contribution in [0.25, 0.3) is 0 Å². The zero-order chi connectivity index (χ0) is 18.0. The van der Waals surface area contributed by atoms with Crippen molar-refractivity contribution in [2.45, 2.75) is 58.6 Å². The molecular weight excluding hydrogens is 316 g/mol. The number of para-hydroxylation sites is 1. The van der Waals surface area contributed by atoms with Crippen LogP contribution in [0.2, 0.25) is 0 Å². The van der Waals surface area contributed by atoms with E-state index in [-0.39, 0.29) is 24.0 Å². The monoisotopic (exact) mass is 344 g/mol. The zero-order valence-corrected chi connectivity index (χ0v) is 15.5. The Balaban J connectivity index is 1.57. The molecule has 1 unspecified atom stereocenters. The average Bonchev–Trinajstić information content (AvgIpc) is 3.08. The Morgan fingerprint density at radius 2 is 1.68 bits per heavy atom. The van der Waals surface area contributed by atoms with E-state index in [1.165, 1.54) is 0 Å². The molecule has 2 heterocycles. The highest BCUT2D eigenvalue weighted by molar-refractivity contribution is 5.87. The number of carbonyl (C=O) groups is 2. The summed E-state index contributed by atoms with van der Waals surface area (Å²) in [5.41, 5.74) is 2.31. The predicted molar refractivity (Wildman–Crippen MR) is 96.6 cm³/mol. The predicted octanol–water partition coefficient (Wildman–Crippen LogP) is 2.68. The average molecular weight is 344 g/mol. The first kappa shape index (κ1) is 17.8. The van der Waals surface area contributed by atoms with E-state index in [2.05, 4.69) is 26.0 Å². The lowest BCUT2D eigenvalue weighted by Crippen LogP contribution is -2.50. The Bertz CT molecular complexity index is 630. The SMILES string of the molecule is CC(=O)N1CCCC1C(=O)N1CCC(Oc2c(C)cccc2C)CC1. The molecule has 1 aromatic rings. The molecule has 2 amide bonds. The molecule has 2 aliphatic heterocycles. The van der Waals surface area contributed by atoms with Crippen LogP contribution >= 0.6 is 0 Å². The second kappa shape index (κ2) is 7.46. The van der Waals surface area contributed by atoms with Crippen molar-refractivity contribution in [2.75, 3.05) is 19.6 Å². The van der Waals surface area contributed by atoms with Gasteiger partial charge in [0.05, 0.1) is 0 Å². The van der Waals surface area contributed by atoms with Gasteiger partial charge in [-0.05, 0) is 37.8 Å². The van der Waals surface area contributed by atoms with Crippen molar-refractivity contribution < 1.29 is 14.3 Å². The summed E-state index contributed by atoms with van der Waals surface area (Å²) in [6.07, 6.45) is 3.54. The maximum Gasteiger partial charge on any atom is 0.245 e. The summed E-state index contributed by atoms with van der Waals surface area (Å²) in [7, 11) is 0. The van der Waals surface area contributed by atoms with E-state index in [1.807, 2.05) is 11.0 Å². The number of hydrogen-bond donors (Lipinski definition) is 0. The molecule has 0 aliphatic carbocycles. The number of aryl methyl sites for hydroxylation is 2. The lowest BCUT2D eigenvalue weighted by molar-refractivity contribution is -0.144. The molecule has 2 fully saturated rings. The van der Waals surface area contributed by atoms with Gasteiger partial charge in [-0.3, -0.25) is 9.59 Å². The van der Waals surface area contributed by atoms with Crippen LogP contribution in [0, 0.1) is 13.8 Å². The molecule has 1 aromatic carbocycles. The summed E-state index contributed by atoms with van der Waals surface area (Å²) in [6.45, 7) is 7.80. The normalized spacial score (nSPS) is 21.5. The van der Waals surface area contributed by atoms with E-state index >= 15 is 0 Å². The number of rotatable bonds is 3. The molecule has 0 N–H and O–H groups in total. The van der Waals surface area contributed by atoms with Gasteiger partial charge in [0.25, 0.3) is 0 Å². The molecule has 5 nitrogen and oxygen atoms in total. The molecule has 3 rings (SSSR count). The van der Waals surface area contributed by atoms with E-state index in [4.69, 9.17) is 4.74 Å². The van der Waals surface area contributed by atoms with Crippen molar-refractivity contribution in [3.63, 3.8) is 0 Å². The largest absolute Gasteiger partial charge is 0.490 e. The maximum absolute atomic E-state index is 12.8.